The van der Waals surface area contributed by atoms with Crippen molar-refractivity contribution in [1.82, 2.24) is 0 Å². The van der Waals surface area contributed by atoms with Gasteiger partial charge in [-0.05, 0) is 30.7 Å². The summed E-state index contributed by atoms with van der Waals surface area (Å²) in [6.07, 6.45) is 2.51. The number of esters is 1. The molecule has 1 aliphatic heterocycles. The van der Waals surface area contributed by atoms with Gasteiger partial charge in [-0.2, -0.15) is 0 Å². The van der Waals surface area contributed by atoms with Crippen LogP contribution in [0, 0.1) is 5.92 Å². The van der Waals surface area contributed by atoms with E-state index >= 15 is 0 Å². The van der Waals surface area contributed by atoms with Gasteiger partial charge in [-0.25, -0.2) is 0 Å². The monoisotopic (exact) mass is 318 g/mol. The molecule has 1 atom stereocenters. The first-order valence-corrected chi connectivity index (χ1v) is 7.83. The van der Waals surface area contributed by atoms with Crippen LogP contribution in [0.1, 0.15) is 32.6 Å². The molecule has 2 amide bonds. The molecule has 0 radical (unpaired) electrons. The fourth-order valence-corrected chi connectivity index (χ4v) is 2.57. The topological polar surface area (TPSA) is 75.7 Å². The zero-order valence-electron chi connectivity index (χ0n) is 13.5. The van der Waals surface area contributed by atoms with Gasteiger partial charge in [0.1, 0.15) is 0 Å². The molecule has 6 nitrogen and oxygen atoms in total. The van der Waals surface area contributed by atoms with Crippen LogP contribution in [0.4, 0.5) is 11.4 Å². The molecular formula is C17H22N2O4. The molecule has 0 unspecified atom stereocenters. The van der Waals surface area contributed by atoms with Crippen LogP contribution >= 0.6 is 0 Å². The summed E-state index contributed by atoms with van der Waals surface area (Å²) in [6, 6.07) is 7.07. The molecule has 0 aromatic heterocycles. The van der Waals surface area contributed by atoms with Crippen LogP contribution in [0.25, 0.3) is 0 Å². The Labute approximate surface area is 135 Å². The van der Waals surface area contributed by atoms with Gasteiger partial charge < -0.3 is 15.0 Å². The maximum absolute atomic E-state index is 12.0. The van der Waals surface area contributed by atoms with Crippen LogP contribution in [-0.2, 0) is 19.1 Å². The average Bonchev–Trinajstić information content (AvgIpc) is 2.94. The first-order chi connectivity index (χ1) is 11.0. The van der Waals surface area contributed by atoms with Gasteiger partial charge in [0.2, 0.25) is 11.8 Å². The summed E-state index contributed by atoms with van der Waals surface area (Å²) < 4.78 is 4.70. The quantitative estimate of drug-likeness (QED) is 0.817. The van der Waals surface area contributed by atoms with E-state index in [1.807, 2.05) is 6.92 Å². The number of carbonyl (C=O) groups excluding carboxylic acids is 3. The van der Waals surface area contributed by atoms with E-state index in [2.05, 4.69) is 5.32 Å². The Kier molecular flexibility index (Phi) is 5.73. The highest BCUT2D eigenvalue weighted by Crippen LogP contribution is 2.26. The predicted octanol–water partition coefficient (Wildman–Crippen LogP) is 2.34. The number of methoxy groups -OCH3 is 1. The third-order valence-corrected chi connectivity index (χ3v) is 3.88. The minimum atomic E-state index is -0.416. The van der Waals surface area contributed by atoms with E-state index in [0.29, 0.717) is 24.3 Å². The van der Waals surface area contributed by atoms with E-state index < -0.39 is 5.92 Å². The van der Waals surface area contributed by atoms with Crippen LogP contribution in [0.2, 0.25) is 0 Å². The summed E-state index contributed by atoms with van der Waals surface area (Å²) in [7, 11) is 1.32. The van der Waals surface area contributed by atoms with E-state index in [-0.39, 0.29) is 24.2 Å². The largest absolute Gasteiger partial charge is 0.469 e. The number of nitrogens with zero attached hydrogens (tertiary/aromatic N) is 1. The van der Waals surface area contributed by atoms with Gasteiger partial charge in [0.05, 0.1) is 13.0 Å². The van der Waals surface area contributed by atoms with Gasteiger partial charge in [-0.15, -0.1) is 0 Å². The number of anilines is 2. The van der Waals surface area contributed by atoms with Crippen LogP contribution in [0.3, 0.4) is 0 Å². The van der Waals surface area contributed by atoms with Crippen molar-refractivity contribution in [3.63, 3.8) is 0 Å². The molecule has 0 aliphatic carbocycles. The van der Waals surface area contributed by atoms with Crippen molar-refractivity contribution < 1.29 is 19.1 Å². The summed E-state index contributed by atoms with van der Waals surface area (Å²) in [5, 5.41) is 2.83. The van der Waals surface area contributed by atoms with Crippen molar-refractivity contribution in [3.8, 4) is 0 Å². The standard InChI is InChI=1S/C17H22N2O4/c1-3-4-5-15(20)18-13-6-8-14(9-7-13)19-11-12(10-16(19)21)17(22)23-2/h6-9,12H,3-5,10-11H2,1-2H3,(H,18,20)/t12-/m0/s1. The first-order valence-electron chi connectivity index (χ1n) is 7.83. The van der Waals surface area contributed by atoms with E-state index in [1.54, 1.807) is 29.2 Å². The van der Waals surface area contributed by atoms with Gasteiger partial charge in [0.15, 0.2) is 0 Å². The highest BCUT2D eigenvalue weighted by Gasteiger charge is 2.35. The number of rotatable bonds is 6. The van der Waals surface area contributed by atoms with Crippen molar-refractivity contribution in [2.24, 2.45) is 5.92 Å². The number of hydrogen-bond acceptors (Lipinski definition) is 4. The zero-order chi connectivity index (χ0) is 16.8. The minimum Gasteiger partial charge on any atom is -0.469 e. The molecule has 1 aromatic carbocycles. The van der Waals surface area contributed by atoms with Gasteiger partial charge in [-0.1, -0.05) is 13.3 Å². The van der Waals surface area contributed by atoms with E-state index in [9.17, 15) is 14.4 Å². The van der Waals surface area contributed by atoms with Crippen molar-refractivity contribution in [2.45, 2.75) is 32.6 Å². The summed E-state index contributed by atoms with van der Waals surface area (Å²) >= 11 is 0. The van der Waals surface area contributed by atoms with Gasteiger partial charge in [0.25, 0.3) is 0 Å². The fourth-order valence-electron chi connectivity index (χ4n) is 2.57. The lowest BCUT2D eigenvalue weighted by Gasteiger charge is -2.17. The Bertz CT molecular complexity index is 583. The summed E-state index contributed by atoms with van der Waals surface area (Å²) in [5.41, 5.74) is 1.42. The first kappa shape index (κ1) is 17.0. The minimum absolute atomic E-state index is 0.0115. The highest BCUT2D eigenvalue weighted by atomic mass is 16.5. The molecule has 1 heterocycles. The Balaban J connectivity index is 1.98. The van der Waals surface area contributed by atoms with Gasteiger partial charge >= 0.3 is 5.97 Å². The summed E-state index contributed by atoms with van der Waals surface area (Å²) in [4.78, 5) is 36.8. The normalized spacial score (nSPS) is 17.2. The number of carbonyl (C=O) groups is 3. The molecular weight excluding hydrogens is 296 g/mol. The lowest BCUT2D eigenvalue weighted by atomic mass is 10.1. The third kappa shape index (κ3) is 4.31. The molecule has 0 bridgehead atoms. The number of unbranched alkanes of at least 4 members (excludes halogenated alkanes) is 1. The number of amides is 2. The second kappa shape index (κ2) is 7.76. The summed E-state index contributed by atoms with van der Waals surface area (Å²) in [6.45, 7) is 2.37. The molecule has 23 heavy (non-hydrogen) atoms. The molecule has 1 aromatic rings. The lowest BCUT2D eigenvalue weighted by Crippen LogP contribution is -2.26. The highest BCUT2D eigenvalue weighted by molar-refractivity contribution is 5.99. The lowest BCUT2D eigenvalue weighted by molar-refractivity contribution is -0.145. The number of benzene rings is 1. The van der Waals surface area contributed by atoms with Crippen LogP contribution in [0.5, 0.6) is 0 Å². The molecule has 1 saturated heterocycles. The second-order valence-corrected chi connectivity index (χ2v) is 5.63. The van der Waals surface area contributed by atoms with Crippen molar-refractivity contribution in [1.29, 1.82) is 0 Å². The van der Waals surface area contributed by atoms with Crippen molar-refractivity contribution >= 4 is 29.2 Å². The SMILES string of the molecule is CCCCC(=O)Nc1ccc(N2C[C@@H](C(=O)OC)CC2=O)cc1. The Morgan fingerprint density at radius 1 is 1.30 bits per heavy atom. The number of ether oxygens (including phenoxy) is 1. The number of hydrogen-bond donors (Lipinski definition) is 1. The van der Waals surface area contributed by atoms with E-state index in [0.717, 1.165) is 12.8 Å². The van der Waals surface area contributed by atoms with Crippen LogP contribution in [-0.4, -0.2) is 31.4 Å². The van der Waals surface area contributed by atoms with Crippen molar-refractivity contribution in [3.05, 3.63) is 24.3 Å². The van der Waals surface area contributed by atoms with Gasteiger partial charge in [-0.3, -0.25) is 14.4 Å². The average molecular weight is 318 g/mol. The van der Waals surface area contributed by atoms with Crippen molar-refractivity contribution in [2.75, 3.05) is 23.9 Å². The number of nitrogens with one attached hydrogen (secondary N) is 1. The molecule has 1 N–H and O–H groups in total. The van der Waals surface area contributed by atoms with Crippen LogP contribution < -0.4 is 10.2 Å². The zero-order valence-corrected chi connectivity index (χ0v) is 13.5. The second-order valence-electron chi connectivity index (χ2n) is 5.63. The Morgan fingerprint density at radius 2 is 2.00 bits per heavy atom. The molecule has 1 fully saturated rings. The molecule has 2 rings (SSSR count). The van der Waals surface area contributed by atoms with Gasteiger partial charge in [0, 0.05) is 30.8 Å². The smallest absolute Gasteiger partial charge is 0.311 e. The fraction of sp³-hybridized carbons (Fsp3) is 0.471. The predicted molar refractivity (Wildman–Crippen MR) is 87.1 cm³/mol. The van der Waals surface area contributed by atoms with E-state index in [4.69, 9.17) is 4.74 Å². The Hall–Kier alpha value is -2.37. The molecule has 1 aliphatic rings. The Morgan fingerprint density at radius 3 is 2.61 bits per heavy atom. The van der Waals surface area contributed by atoms with Crippen LogP contribution in [0.15, 0.2) is 24.3 Å². The molecule has 0 saturated carbocycles. The molecule has 0 spiro atoms. The maximum Gasteiger partial charge on any atom is 0.311 e. The third-order valence-electron chi connectivity index (χ3n) is 3.88. The molecule has 124 valence electrons. The van der Waals surface area contributed by atoms with E-state index in [1.165, 1.54) is 7.11 Å². The maximum atomic E-state index is 12.0. The molecule has 6 heteroatoms. The summed E-state index contributed by atoms with van der Waals surface area (Å²) in [5.74, 6) is -0.885.